The third kappa shape index (κ3) is 4.88. The van der Waals surface area contributed by atoms with Crippen molar-refractivity contribution in [1.82, 2.24) is 24.6 Å². The zero-order chi connectivity index (χ0) is 24.9. The first-order valence-electron chi connectivity index (χ1n) is 12.1. The first kappa shape index (κ1) is 26.9. The van der Waals surface area contributed by atoms with Crippen LogP contribution in [0.5, 0.6) is 0 Å². The van der Waals surface area contributed by atoms with Crippen molar-refractivity contribution in [3.63, 3.8) is 0 Å². The van der Waals surface area contributed by atoms with Crippen LogP contribution in [0.4, 0.5) is 5.82 Å². The minimum atomic E-state index is -0.750. The van der Waals surface area contributed by atoms with E-state index in [-0.39, 0.29) is 24.5 Å². The molecule has 1 unspecified atom stereocenters. The van der Waals surface area contributed by atoms with Crippen molar-refractivity contribution in [3.05, 3.63) is 45.7 Å². The second-order valence-electron chi connectivity index (χ2n) is 9.75. The Morgan fingerprint density at radius 2 is 2.00 bits per heavy atom. The number of anilines is 1. The molecule has 5 rings (SSSR count). The van der Waals surface area contributed by atoms with Gasteiger partial charge < -0.3 is 10.0 Å². The van der Waals surface area contributed by atoms with Gasteiger partial charge in [0.1, 0.15) is 11.3 Å². The van der Waals surface area contributed by atoms with Crippen molar-refractivity contribution in [1.29, 1.82) is 0 Å². The number of halogens is 3. The van der Waals surface area contributed by atoms with Crippen LogP contribution >= 0.6 is 35.6 Å². The molecule has 2 aromatic heterocycles. The maximum absolute atomic E-state index is 12.3. The molecule has 2 aliphatic heterocycles. The van der Waals surface area contributed by atoms with Gasteiger partial charge >= 0.3 is 5.97 Å². The zero-order valence-corrected chi connectivity index (χ0v) is 22.9. The Labute approximate surface area is 227 Å². The second-order valence-corrected chi connectivity index (χ2v) is 10.6. The van der Waals surface area contributed by atoms with Gasteiger partial charge in [-0.3, -0.25) is 9.69 Å². The number of nitrogens with zero attached hydrogens (tertiary/aromatic N) is 6. The highest BCUT2D eigenvalue weighted by Crippen LogP contribution is 2.33. The molecule has 0 amide bonds. The summed E-state index contributed by atoms with van der Waals surface area (Å²) in [5.74, 6) is -0.549. The van der Waals surface area contributed by atoms with Crippen LogP contribution in [0, 0.1) is 12.8 Å². The third-order valence-electron chi connectivity index (χ3n) is 7.59. The summed E-state index contributed by atoms with van der Waals surface area (Å²) in [5.41, 5.74) is 3.04. The van der Waals surface area contributed by atoms with Crippen LogP contribution in [0.1, 0.15) is 50.4 Å². The molecule has 4 atom stereocenters. The summed E-state index contributed by atoms with van der Waals surface area (Å²) in [7, 11) is 0. The molecule has 1 aromatic carbocycles. The number of likely N-dealkylation sites (tertiary alicyclic amines) is 1. The molecule has 0 radical (unpaired) electrons. The first-order valence-corrected chi connectivity index (χ1v) is 12.9. The molecule has 3 aromatic rings. The Morgan fingerprint density at radius 3 is 2.67 bits per heavy atom. The van der Waals surface area contributed by atoms with E-state index in [4.69, 9.17) is 33.3 Å². The minimum Gasteiger partial charge on any atom is -0.481 e. The van der Waals surface area contributed by atoms with Gasteiger partial charge in [-0.25, -0.2) is 14.6 Å². The number of aryl methyl sites for hydroxylation is 1. The molecule has 36 heavy (non-hydrogen) atoms. The predicted octanol–water partition coefficient (Wildman–Crippen LogP) is 5.24. The fraction of sp³-hybridized carbons (Fsp3) is 0.520. The van der Waals surface area contributed by atoms with Crippen molar-refractivity contribution in [2.75, 3.05) is 24.5 Å². The van der Waals surface area contributed by atoms with Crippen LogP contribution in [0.3, 0.4) is 0 Å². The van der Waals surface area contributed by atoms with Gasteiger partial charge in [0, 0.05) is 35.2 Å². The lowest BCUT2D eigenvalue weighted by molar-refractivity contribution is -0.144. The van der Waals surface area contributed by atoms with E-state index in [0.29, 0.717) is 34.1 Å². The highest BCUT2D eigenvalue weighted by Gasteiger charge is 2.41. The van der Waals surface area contributed by atoms with Gasteiger partial charge in [-0.05, 0) is 64.3 Å². The number of carbonyl (C=O) groups is 1. The van der Waals surface area contributed by atoms with Crippen LogP contribution in [-0.2, 0) is 4.79 Å². The van der Waals surface area contributed by atoms with Crippen molar-refractivity contribution in [2.45, 2.75) is 58.2 Å². The fourth-order valence-corrected chi connectivity index (χ4v) is 6.24. The Kier molecular flexibility index (Phi) is 8.00. The van der Waals surface area contributed by atoms with Gasteiger partial charge in [-0.2, -0.15) is 5.10 Å². The number of carboxylic acids is 1. The van der Waals surface area contributed by atoms with Crippen LogP contribution in [0.15, 0.2) is 24.4 Å². The molecule has 8 nitrogen and oxygen atoms in total. The summed E-state index contributed by atoms with van der Waals surface area (Å²) in [4.78, 5) is 26.3. The SMILES string of the molecule is Cc1nn([C@H](C)c2ccc(Cl)cc2Cl)c2nc(N3CC[C@H](N4CCCC4C)[C@H](C(=O)O)C3)cnc12.Cl. The third-order valence-corrected chi connectivity index (χ3v) is 8.15. The normalized spacial score (nSPS) is 23.6. The summed E-state index contributed by atoms with van der Waals surface area (Å²) in [5, 5.41) is 15.9. The predicted molar refractivity (Wildman–Crippen MR) is 145 cm³/mol. The largest absolute Gasteiger partial charge is 0.481 e. The molecule has 2 fully saturated rings. The number of carboxylic acid groups (broad SMARTS) is 1. The summed E-state index contributed by atoms with van der Waals surface area (Å²) in [6.45, 7) is 8.25. The first-order chi connectivity index (χ1) is 16.7. The quantitative estimate of drug-likeness (QED) is 0.462. The van der Waals surface area contributed by atoms with Gasteiger partial charge in [0.05, 0.1) is 23.9 Å². The van der Waals surface area contributed by atoms with Crippen molar-refractivity contribution < 1.29 is 9.90 Å². The number of hydrogen-bond acceptors (Lipinski definition) is 6. The average Bonchev–Trinajstić information content (AvgIpc) is 3.40. The maximum atomic E-state index is 12.3. The zero-order valence-electron chi connectivity index (χ0n) is 20.6. The van der Waals surface area contributed by atoms with Crippen LogP contribution < -0.4 is 4.90 Å². The number of aromatic nitrogens is 4. The van der Waals surface area contributed by atoms with Crippen molar-refractivity contribution in [2.24, 2.45) is 5.92 Å². The van der Waals surface area contributed by atoms with Gasteiger partial charge in [0.25, 0.3) is 0 Å². The van der Waals surface area contributed by atoms with Crippen LogP contribution in [-0.4, -0.2) is 67.4 Å². The Hall–Kier alpha value is -2.13. The number of rotatable bonds is 5. The van der Waals surface area contributed by atoms with Gasteiger partial charge in [0.15, 0.2) is 5.65 Å². The molecule has 194 valence electrons. The van der Waals surface area contributed by atoms with E-state index in [2.05, 4.69) is 21.7 Å². The number of benzene rings is 1. The standard InChI is InChI=1S/C25H30Cl2N6O2.ClH/c1-14-5-4-9-32(14)21-8-10-31(13-19(21)25(34)35)22-12-28-23-15(2)30-33(24(23)29-22)16(3)18-7-6-17(26)11-20(18)27;/h6-7,11-12,14,16,19,21H,4-5,8-10,13H2,1-3H3,(H,34,35);1H/t14?,16-,19-,21+;/m1./s1. The monoisotopic (exact) mass is 552 g/mol. The van der Waals surface area contributed by atoms with Crippen molar-refractivity contribution >= 4 is 58.6 Å². The topological polar surface area (TPSA) is 87.4 Å². The molecule has 0 bridgehead atoms. The van der Waals surface area contributed by atoms with Gasteiger partial charge in [-0.15, -0.1) is 12.4 Å². The van der Waals surface area contributed by atoms with Gasteiger partial charge in [0.2, 0.25) is 0 Å². The molecule has 0 spiro atoms. The van der Waals surface area contributed by atoms with Crippen LogP contribution in [0.25, 0.3) is 11.2 Å². The van der Waals surface area contributed by atoms with E-state index in [0.717, 1.165) is 49.1 Å². The van der Waals surface area contributed by atoms with Crippen LogP contribution in [0.2, 0.25) is 10.0 Å². The van der Waals surface area contributed by atoms with E-state index in [1.807, 2.05) is 30.7 Å². The second kappa shape index (κ2) is 10.7. The van der Waals surface area contributed by atoms with E-state index in [1.54, 1.807) is 12.3 Å². The van der Waals surface area contributed by atoms with E-state index in [1.165, 1.54) is 0 Å². The smallest absolute Gasteiger partial charge is 0.309 e. The molecule has 11 heteroatoms. The Balaban J connectivity index is 0.00000304. The molecule has 0 saturated carbocycles. The Bertz CT molecular complexity index is 1270. The van der Waals surface area contributed by atoms with E-state index >= 15 is 0 Å². The number of piperidine rings is 1. The Morgan fingerprint density at radius 1 is 1.22 bits per heavy atom. The van der Waals surface area contributed by atoms with Gasteiger partial charge in [-0.1, -0.05) is 29.3 Å². The van der Waals surface area contributed by atoms with E-state index < -0.39 is 11.9 Å². The highest BCUT2D eigenvalue weighted by molar-refractivity contribution is 6.35. The number of fused-ring (bicyclic) bond motifs is 1. The molecule has 2 aliphatic rings. The lowest BCUT2D eigenvalue weighted by Gasteiger charge is -2.42. The lowest BCUT2D eigenvalue weighted by atomic mass is 9.90. The molecule has 1 N–H and O–H groups in total. The minimum absolute atomic E-state index is 0. The van der Waals surface area contributed by atoms with Crippen molar-refractivity contribution in [3.8, 4) is 0 Å². The summed E-state index contributed by atoms with van der Waals surface area (Å²) >= 11 is 12.6. The maximum Gasteiger partial charge on any atom is 0.309 e. The molecular weight excluding hydrogens is 523 g/mol. The number of hydrogen-bond donors (Lipinski definition) is 1. The molecule has 2 saturated heterocycles. The summed E-state index contributed by atoms with van der Waals surface area (Å²) in [6.07, 6.45) is 4.79. The summed E-state index contributed by atoms with van der Waals surface area (Å²) < 4.78 is 1.84. The molecule has 0 aliphatic carbocycles. The fourth-order valence-electron chi connectivity index (χ4n) is 5.67. The molecular formula is C25H31Cl3N6O2. The molecule has 4 heterocycles. The average molecular weight is 554 g/mol. The summed E-state index contributed by atoms with van der Waals surface area (Å²) in [6, 6.07) is 5.74. The van der Waals surface area contributed by atoms with E-state index in [9.17, 15) is 9.90 Å². The number of aliphatic carboxylic acids is 1. The highest BCUT2D eigenvalue weighted by atomic mass is 35.5. The lowest BCUT2D eigenvalue weighted by Crippen LogP contribution is -2.54.